The zero-order chi connectivity index (χ0) is 21.4. The number of nitrogens with one attached hydrogen (secondary N) is 1. The summed E-state index contributed by atoms with van der Waals surface area (Å²) < 4.78 is 39.6. The van der Waals surface area contributed by atoms with Crippen LogP contribution in [0.3, 0.4) is 0 Å². The molecule has 0 heterocycles. The van der Waals surface area contributed by atoms with E-state index < -0.39 is 30.8 Å². The average molecular weight is 407 g/mol. The van der Waals surface area contributed by atoms with Gasteiger partial charge >= 0.3 is 12.6 Å². The lowest BCUT2D eigenvalue weighted by Gasteiger charge is -2.16. The van der Waals surface area contributed by atoms with Crippen molar-refractivity contribution in [2.45, 2.75) is 32.9 Å². The monoisotopic (exact) mass is 407 g/mol. The number of alkyl halides is 2. The van der Waals surface area contributed by atoms with Crippen LogP contribution in [0.25, 0.3) is 0 Å². The summed E-state index contributed by atoms with van der Waals surface area (Å²) in [6.07, 6.45) is 0.915. The van der Waals surface area contributed by atoms with Gasteiger partial charge in [-0.05, 0) is 36.6 Å². The molecule has 0 aliphatic carbocycles. The van der Waals surface area contributed by atoms with Gasteiger partial charge in [-0.15, -0.1) is 0 Å². The van der Waals surface area contributed by atoms with Crippen LogP contribution in [0.2, 0.25) is 0 Å². The van der Waals surface area contributed by atoms with Crippen molar-refractivity contribution in [3.05, 3.63) is 59.2 Å². The lowest BCUT2D eigenvalue weighted by atomic mass is 10.1. The number of carbonyl (C=O) groups excluding carboxylic acids is 2. The molecule has 0 aliphatic heterocycles. The number of carbonyl (C=O) groups is 2. The van der Waals surface area contributed by atoms with Crippen molar-refractivity contribution < 1.29 is 32.6 Å². The van der Waals surface area contributed by atoms with Crippen LogP contribution >= 0.6 is 0 Å². The fourth-order valence-electron chi connectivity index (χ4n) is 2.67. The van der Waals surface area contributed by atoms with Crippen molar-refractivity contribution in [1.82, 2.24) is 5.32 Å². The van der Waals surface area contributed by atoms with Gasteiger partial charge in [0.2, 0.25) is 0 Å². The van der Waals surface area contributed by atoms with Crippen molar-refractivity contribution in [1.29, 1.82) is 0 Å². The molecule has 0 aromatic heterocycles. The maximum atomic E-state index is 12.7. The van der Waals surface area contributed by atoms with E-state index in [9.17, 15) is 18.4 Å². The van der Waals surface area contributed by atoms with Gasteiger partial charge in [-0.1, -0.05) is 37.3 Å². The molecule has 0 aliphatic rings. The summed E-state index contributed by atoms with van der Waals surface area (Å²) in [5.41, 5.74) is 1.82. The molecule has 0 saturated carbocycles. The molecule has 156 valence electrons. The molecule has 1 N–H and O–H groups in total. The van der Waals surface area contributed by atoms with E-state index in [1.165, 1.54) is 30.9 Å². The molecule has 0 spiro atoms. The minimum atomic E-state index is -3.15. The van der Waals surface area contributed by atoms with Gasteiger partial charge in [0.25, 0.3) is 5.91 Å². The third-order valence-corrected chi connectivity index (χ3v) is 4.23. The standard InChI is InChI=1S/C21H23F2NO5/c1-4-14-8-10-15(11-9-14)13(2)24-18(25)12-28-20(26)16-6-5-7-17(27-3)19(16)29-21(22)23/h5-11,13,21H,4,12H2,1-3H3,(H,24,25). The highest BCUT2D eigenvalue weighted by atomic mass is 19.3. The highest BCUT2D eigenvalue weighted by Crippen LogP contribution is 2.32. The molecule has 0 fully saturated rings. The quantitative estimate of drug-likeness (QED) is 0.639. The van der Waals surface area contributed by atoms with Crippen LogP contribution in [0.5, 0.6) is 11.5 Å². The first-order valence-corrected chi connectivity index (χ1v) is 9.02. The number of rotatable bonds is 9. The van der Waals surface area contributed by atoms with E-state index in [-0.39, 0.29) is 17.4 Å². The van der Waals surface area contributed by atoms with Crippen LogP contribution in [0.15, 0.2) is 42.5 Å². The first-order chi connectivity index (χ1) is 13.8. The third-order valence-electron chi connectivity index (χ3n) is 4.23. The van der Waals surface area contributed by atoms with Crippen LogP contribution in [0.4, 0.5) is 8.78 Å². The van der Waals surface area contributed by atoms with E-state index >= 15 is 0 Å². The van der Waals surface area contributed by atoms with Crippen molar-refractivity contribution in [3.8, 4) is 11.5 Å². The van der Waals surface area contributed by atoms with Gasteiger partial charge in [-0.25, -0.2) is 4.79 Å². The molecule has 0 saturated heterocycles. The minimum absolute atomic E-state index is 0.0478. The maximum absolute atomic E-state index is 12.7. The Morgan fingerprint density at radius 3 is 2.38 bits per heavy atom. The molecule has 0 bridgehead atoms. The molecule has 1 unspecified atom stereocenters. The number of hydrogen-bond donors (Lipinski definition) is 1. The first-order valence-electron chi connectivity index (χ1n) is 9.02. The van der Waals surface area contributed by atoms with Gasteiger partial charge in [0.15, 0.2) is 18.1 Å². The number of aryl methyl sites for hydroxylation is 1. The summed E-state index contributed by atoms with van der Waals surface area (Å²) in [6, 6.07) is 11.5. The largest absolute Gasteiger partial charge is 0.493 e. The molecule has 8 heteroatoms. The van der Waals surface area contributed by atoms with E-state index in [0.717, 1.165) is 12.0 Å². The van der Waals surface area contributed by atoms with Crippen molar-refractivity contribution in [2.24, 2.45) is 0 Å². The SMILES string of the molecule is CCc1ccc(C(C)NC(=O)COC(=O)c2cccc(OC)c2OC(F)F)cc1. The second kappa shape index (κ2) is 10.4. The molecule has 0 radical (unpaired) electrons. The Labute approximate surface area is 167 Å². The Kier molecular flexibility index (Phi) is 7.94. The molecule has 1 amide bonds. The lowest BCUT2D eigenvalue weighted by molar-refractivity contribution is -0.124. The molecule has 6 nitrogen and oxygen atoms in total. The van der Waals surface area contributed by atoms with Crippen LogP contribution < -0.4 is 14.8 Å². The first kappa shape index (κ1) is 22.1. The van der Waals surface area contributed by atoms with Crippen LogP contribution in [0, 0.1) is 0 Å². The highest BCUT2D eigenvalue weighted by molar-refractivity contribution is 5.95. The van der Waals surface area contributed by atoms with Gasteiger partial charge in [-0.2, -0.15) is 8.78 Å². The molecule has 2 aromatic rings. The van der Waals surface area contributed by atoms with E-state index in [4.69, 9.17) is 9.47 Å². The number of hydrogen-bond acceptors (Lipinski definition) is 5. The van der Waals surface area contributed by atoms with Crippen LogP contribution in [-0.2, 0) is 16.0 Å². The lowest BCUT2D eigenvalue weighted by Crippen LogP contribution is -2.31. The number of halogens is 2. The number of benzene rings is 2. The normalized spacial score (nSPS) is 11.7. The second-order valence-corrected chi connectivity index (χ2v) is 6.18. The van der Waals surface area contributed by atoms with Crippen molar-refractivity contribution in [3.63, 3.8) is 0 Å². The third kappa shape index (κ3) is 6.17. The Hall–Kier alpha value is -3.16. The van der Waals surface area contributed by atoms with E-state index in [1.54, 1.807) is 6.92 Å². The molecule has 29 heavy (non-hydrogen) atoms. The molecule has 2 rings (SSSR count). The van der Waals surface area contributed by atoms with Gasteiger partial charge in [0.05, 0.1) is 13.2 Å². The summed E-state index contributed by atoms with van der Waals surface area (Å²) in [7, 11) is 1.25. The Morgan fingerprint density at radius 2 is 1.79 bits per heavy atom. The van der Waals surface area contributed by atoms with Crippen LogP contribution in [0.1, 0.15) is 41.4 Å². The zero-order valence-electron chi connectivity index (χ0n) is 16.4. The molecule has 2 aromatic carbocycles. The molecule has 1 atom stereocenters. The smallest absolute Gasteiger partial charge is 0.387 e. The predicted molar refractivity (Wildman–Crippen MR) is 102 cm³/mol. The van der Waals surface area contributed by atoms with Crippen molar-refractivity contribution in [2.75, 3.05) is 13.7 Å². The average Bonchev–Trinajstić information content (AvgIpc) is 2.71. The fourth-order valence-corrected chi connectivity index (χ4v) is 2.67. The highest BCUT2D eigenvalue weighted by Gasteiger charge is 2.22. The number of para-hydroxylation sites is 1. The van der Waals surface area contributed by atoms with Crippen LogP contribution in [-0.4, -0.2) is 32.2 Å². The van der Waals surface area contributed by atoms with Gasteiger partial charge in [0, 0.05) is 0 Å². The minimum Gasteiger partial charge on any atom is -0.493 e. The van der Waals surface area contributed by atoms with Gasteiger partial charge in [-0.3, -0.25) is 4.79 Å². The van der Waals surface area contributed by atoms with Crippen molar-refractivity contribution >= 4 is 11.9 Å². The summed E-state index contributed by atoms with van der Waals surface area (Å²) in [6.45, 7) is 0.133. The number of esters is 1. The van der Waals surface area contributed by atoms with Gasteiger partial charge < -0.3 is 19.5 Å². The number of methoxy groups -OCH3 is 1. The molecular formula is C21H23F2NO5. The van der Waals surface area contributed by atoms with E-state index in [1.807, 2.05) is 24.3 Å². The summed E-state index contributed by atoms with van der Waals surface area (Å²) >= 11 is 0. The van der Waals surface area contributed by atoms with E-state index in [0.29, 0.717) is 0 Å². The Bertz CT molecular complexity index is 839. The van der Waals surface area contributed by atoms with Gasteiger partial charge in [0.1, 0.15) is 5.56 Å². The summed E-state index contributed by atoms with van der Waals surface area (Å²) in [4.78, 5) is 24.4. The topological polar surface area (TPSA) is 73.9 Å². The summed E-state index contributed by atoms with van der Waals surface area (Å²) in [5, 5.41) is 2.72. The number of ether oxygens (including phenoxy) is 3. The zero-order valence-corrected chi connectivity index (χ0v) is 16.4. The second-order valence-electron chi connectivity index (χ2n) is 6.18. The Balaban J connectivity index is 1.98. The fraction of sp³-hybridized carbons (Fsp3) is 0.333. The molecular weight excluding hydrogens is 384 g/mol. The van der Waals surface area contributed by atoms with E-state index in [2.05, 4.69) is 17.0 Å². The Morgan fingerprint density at radius 1 is 1.10 bits per heavy atom. The predicted octanol–water partition coefficient (Wildman–Crippen LogP) is 3.89. The maximum Gasteiger partial charge on any atom is 0.387 e. The summed E-state index contributed by atoms with van der Waals surface area (Å²) in [5.74, 6) is -1.99. The number of amides is 1.